The van der Waals surface area contributed by atoms with Crippen LogP contribution in [0, 0.1) is 0 Å². The smallest absolute Gasteiger partial charge is 0.230 e. The van der Waals surface area contributed by atoms with E-state index in [1.807, 2.05) is 66.2 Å². The van der Waals surface area contributed by atoms with Crippen molar-refractivity contribution in [2.45, 2.75) is 18.1 Å². The van der Waals surface area contributed by atoms with Gasteiger partial charge in [0.2, 0.25) is 5.91 Å². The van der Waals surface area contributed by atoms with E-state index in [0.717, 1.165) is 27.9 Å². The maximum Gasteiger partial charge on any atom is 0.230 e. The fourth-order valence-electron chi connectivity index (χ4n) is 2.85. The predicted molar refractivity (Wildman–Crippen MR) is 110 cm³/mol. The van der Waals surface area contributed by atoms with Gasteiger partial charge in [0.1, 0.15) is 11.5 Å². The first-order valence-electron chi connectivity index (χ1n) is 8.85. The number of hydrogen-bond acceptors (Lipinski definition) is 5. The zero-order valence-electron chi connectivity index (χ0n) is 16.1. The summed E-state index contributed by atoms with van der Waals surface area (Å²) in [4.78, 5) is 16.8. The number of aromatic nitrogens is 2. The highest BCUT2D eigenvalue weighted by Gasteiger charge is 2.15. The zero-order valence-corrected chi connectivity index (χ0v) is 16.9. The van der Waals surface area contributed by atoms with Crippen LogP contribution in [0.25, 0.3) is 5.69 Å². The van der Waals surface area contributed by atoms with Crippen molar-refractivity contribution in [1.29, 1.82) is 0 Å². The molecule has 3 rings (SSSR count). The molecule has 3 aromatic rings. The van der Waals surface area contributed by atoms with Gasteiger partial charge in [0.15, 0.2) is 5.16 Å². The Labute approximate surface area is 168 Å². The van der Waals surface area contributed by atoms with Gasteiger partial charge in [0.25, 0.3) is 0 Å². The number of para-hydroxylation sites is 1. The number of amides is 1. The number of rotatable bonds is 8. The van der Waals surface area contributed by atoms with Gasteiger partial charge in [-0.3, -0.25) is 9.36 Å². The molecule has 6 nitrogen and oxygen atoms in total. The van der Waals surface area contributed by atoms with Crippen LogP contribution in [-0.4, -0.2) is 35.4 Å². The Balaban J connectivity index is 1.61. The number of hydrogen-bond donors (Lipinski definition) is 1. The molecule has 0 spiro atoms. The Hall–Kier alpha value is -2.93. The van der Waals surface area contributed by atoms with E-state index in [1.165, 1.54) is 11.8 Å². The molecule has 1 aromatic heterocycles. The van der Waals surface area contributed by atoms with E-state index >= 15 is 0 Å². The molecule has 1 N–H and O–H groups in total. The van der Waals surface area contributed by atoms with Gasteiger partial charge < -0.3 is 14.8 Å². The monoisotopic (exact) mass is 397 g/mol. The van der Waals surface area contributed by atoms with Crippen molar-refractivity contribution in [1.82, 2.24) is 14.9 Å². The van der Waals surface area contributed by atoms with Crippen molar-refractivity contribution in [3.05, 3.63) is 66.5 Å². The molecule has 1 amide bonds. The van der Waals surface area contributed by atoms with Gasteiger partial charge in [-0.1, -0.05) is 30.0 Å². The van der Waals surface area contributed by atoms with Gasteiger partial charge >= 0.3 is 0 Å². The van der Waals surface area contributed by atoms with E-state index in [9.17, 15) is 4.79 Å². The predicted octanol–water partition coefficient (Wildman–Crippen LogP) is 3.86. The van der Waals surface area contributed by atoms with Gasteiger partial charge in [-0.15, -0.1) is 0 Å². The van der Waals surface area contributed by atoms with Crippen LogP contribution in [0.5, 0.6) is 11.5 Å². The quantitative estimate of drug-likeness (QED) is 0.585. The first kappa shape index (κ1) is 19.8. The third kappa shape index (κ3) is 4.67. The van der Waals surface area contributed by atoms with Gasteiger partial charge in [0.05, 0.1) is 26.0 Å². The number of carbonyl (C=O) groups is 1. The Morgan fingerprint density at radius 2 is 1.89 bits per heavy atom. The first-order chi connectivity index (χ1) is 13.6. The first-order valence-corrected chi connectivity index (χ1v) is 9.83. The lowest BCUT2D eigenvalue weighted by molar-refractivity contribution is -0.119. The fourth-order valence-corrected chi connectivity index (χ4v) is 3.64. The van der Waals surface area contributed by atoms with Crippen molar-refractivity contribution < 1.29 is 14.3 Å². The molecule has 0 saturated heterocycles. The molecular formula is C21H23N3O3S. The lowest BCUT2D eigenvalue weighted by atomic mass is 10.1. The Morgan fingerprint density at radius 3 is 2.61 bits per heavy atom. The molecule has 0 aliphatic carbocycles. The van der Waals surface area contributed by atoms with Crippen LogP contribution in [0.15, 0.2) is 66.1 Å². The third-order valence-corrected chi connectivity index (χ3v) is 5.24. The summed E-state index contributed by atoms with van der Waals surface area (Å²) in [5.41, 5.74) is 1.91. The maximum atomic E-state index is 12.4. The lowest BCUT2D eigenvalue weighted by Gasteiger charge is -2.17. The topological polar surface area (TPSA) is 65.4 Å². The second kappa shape index (κ2) is 9.32. The maximum absolute atomic E-state index is 12.4. The van der Waals surface area contributed by atoms with Gasteiger partial charge in [-0.2, -0.15) is 0 Å². The molecule has 0 fully saturated rings. The minimum absolute atomic E-state index is 0.0623. The lowest BCUT2D eigenvalue weighted by Crippen LogP contribution is -2.28. The van der Waals surface area contributed by atoms with E-state index in [0.29, 0.717) is 0 Å². The molecule has 0 aliphatic heterocycles. The number of ether oxygens (including phenoxy) is 2. The van der Waals surface area contributed by atoms with Gasteiger partial charge in [0, 0.05) is 23.6 Å². The highest BCUT2D eigenvalue weighted by molar-refractivity contribution is 7.99. The molecule has 0 aliphatic rings. The number of benzene rings is 2. The Bertz CT molecular complexity index is 925. The summed E-state index contributed by atoms with van der Waals surface area (Å²) in [5.74, 6) is 1.76. The van der Waals surface area contributed by atoms with Crippen molar-refractivity contribution in [2.75, 3.05) is 20.0 Å². The van der Waals surface area contributed by atoms with Crippen LogP contribution in [0.3, 0.4) is 0 Å². The van der Waals surface area contributed by atoms with Crippen LogP contribution in [-0.2, 0) is 4.79 Å². The number of thioether (sulfide) groups is 1. The molecule has 1 unspecified atom stereocenters. The van der Waals surface area contributed by atoms with Crippen LogP contribution < -0.4 is 14.8 Å². The van der Waals surface area contributed by atoms with Crippen molar-refractivity contribution >= 4 is 17.7 Å². The van der Waals surface area contributed by atoms with Crippen LogP contribution >= 0.6 is 11.8 Å². The molecule has 1 heterocycles. The SMILES string of the molecule is COc1ccc(-n2ccnc2SCC(=O)NC(C)c2ccccc2OC)cc1. The second-order valence-electron chi connectivity index (χ2n) is 6.10. The molecule has 146 valence electrons. The molecule has 7 heteroatoms. The van der Waals surface area contributed by atoms with Crippen molar-refractivity contribution in [2.24, 2.45) is 0 Å². The van der Waals surface area contributed by atoms with E-state index in [2.05, 4.69) is 10.3 Å². The fraction of sp³-hybridized carbons (Fsp3) is 0.238. The highest BCUT2D eigenvalue weighted by atomic mass is 32.2. The van der Waals surface area contributed by atoms with E-state index < -0.39 is 0 Å². The summed E-state index contributed by atoms with van der Waals surface area (Å²) in [6.07, 6.45) is 3.60. The van der Waals surface area contributed by atoms with E-state index in [1.54, 1.807) is 20.4 Å². The Morgan fingerprint density at radius 1 is 1.14 bits per heavy atom. The van der Waals surface area contributed by atoms with Crippen LogP contribution in [0.2, 0.25) is 0 Å². The minimum Gasteiger partial charge on any atom is -0.497 e. The molecule has 0 saturated carbocycles. The summed E-state index contributed by atoms with van der Waals surface area (Å²) in [5, 5.41) is 3.77. The standard InChI is InChI=1S/C21H23N3O3S/c1-15(18-6-4-5-7-19(18)27-3)23-20(25)14-28-21-22-12-13-24(21)16-8-10-17(26-2)11-9-16/h4-13,15H,14H2,1-3H3,(H,23,25). The molecule has 2 aromatic carbocycles. The average Bonchev–Trinajstić information content (AvgIpc) is 3.21. The van der Waals surface area contributed by atoms with Crippen LogP contribution in [0.1, 0.15) is 18.5 Å². The number of carbonyl (C=O) groups excluding carboxylic acids is 1. The largest absolute Gasteiger partial charge is 0.497 e. The summed E-state index contributed by atoms with van der Waals surface area (Å²) >= 11 is 1.39. The molecule has 1 atom stereocenters. The molecular weight excluding hydrogens is 374 g/mol. The van der Waals surface area contributed by atoms with Crippen molar-refractivity contribution in [3.8, 4) is 17.2 Å². The van der Waals surface area contributed by atoms with Crippen molar-refractivity contribution in [3.63, 3.8) is 0 Å². The summed E-state index contributed by atoms with van der Waals surface area (Å²) < 4.78 is 12.5. The summed E-state index contributed by atoms with van der Waals surface area (Å²) in [7, 11) is 3.26. The van der Waals surface area contributed by atoms with Gasteiger partial charge in [-0.05, 0) is 37.3 Å². The second-order valence-corrected chi connectivity index (χ2v) is 7.04. The highest BCUT2D eigenvalue weighted by Crippen LogP contribution is 2.25. The average molecular weight is 398 g/mol. The number of nitrogens with zero attached hydrogens (tertiary/aromatic N) is 2. The molecule has 0 bridgehead atoms. The minimum atomic E-state index is -0.148. The normalized spacial score (nSPS) is 11.7. The van der Waals surface area contributed by atoms with E-state index in [-0.39, 0.29) is 17.7 Å². The molecule has 0 radical (unpaired) electrons. The third-order valence-electron chi connectivity index (χ3n) is 4.27. The van der Waals surface area contributed by atoms with Crippen LogP contribution in [0.4, 0.5) is 0 Å². The zero-order chi connectivity index (χ0) is 19.9. The number of nitrogens with one attached hydrogen (secondary N) is 1. The summed E-state index contributed by atoms with van der Waals surface area (Å²) in [6.45, 7) is 1.94. The molecule has 28 heavy (non-hydrogen) atoms. The van der Waals surface area contributed by atoms with E-state index in [4.69, 9.17) is 9.47 Å². The number of methoxy groups -OCH3 is 2. The number of imidazole rings is 1. The summed E-state index contributed by atoms with van der Waals surface area (Å²) in [6, 6.07) is 15.2. The Kier molecular flexibility index (Phi) is 6.60. The van der Waals surface area contributed by atoms with Gasteiger partial charge in [-0.25, -0.2) is 4.98 Å².